The Balaban J connectivity index is 1.42. The van der Waals surface area contributed by atoms with Crippen molar-refractivity contribution in [3.05, 3.63) is 36.2 Å². The van der Waals surface area contributed by atoms with Gasteiger partial charge in [-0.25, -0.2) is 4.98 Å². The molecule has 1 aliphatic rings. The lowest BCUT2D eigenvalue weighted by atomic mass is 10.3. The summed E-state index contributed by atoms with van der Waals surface area (Å²) in [5.74, 6) is 0.881. The molecule has 1 fully saturated rings. The first-order valence-corrected chi connectivity index (χ1v) is 10.5. The van der Waals surface area contributed by atoms with E-state index >= 15 is 0 Å². The summed E-state index contributed by atoms with van der Waals surface area (Å²) in [6, 6.07) is 8.07. The summed E-state index contributed by atoms with van der Waals surface area (Å²) in [5, 5.41) is 5.40. The van der Waals surface area contributed by atoms with Crippen molar-refractivity contribution < 1.29 is 9.53 Å². The number of fused-ring (bicyclic) bond motifs is 1. The van der Waals surface area contributed by atoms with Gasteiger partial charge in [-0.15, -0.1) is 0 Å². The first kappa shape index (κ1) is 18.7. The number of hydrogen-bond acceptors (Lipinski definition) is 6. The van der Waals surface area contributed by atoms with Gasteiger partial charge in [0.15, 0.2) is 5.13 Å². The molecule has 1 aliphatic heterocycles. The molecule has 0 unspecified atom stereocenters. The molecule has 0 spiro atoms. The predicted octanol–water partition coefficient (Wildman–Crippen LogP) is 3.43. The van der Waals surface area contributed by atoms with Crippen molar-refractivity contribution in [2.24, 2.45) is 0 Å². The molecule has 1 amide bonds. The Labute approximate surface area is 168 Å². The Morgan fingerprint density at radius 2 is 2.00 bits per heavy atom. The van der Waals surface area contributed by atoms with Gasteiger partial charge < -0.3 is 14.5 Å². The molecule has 1 saturated heterocycles. The van der Waals surface area contributed by atoms with Gasteiger partial charge in [-0.1, -0.05) is 11.3 Å². The molecule has 2 aromatic heterocycles. The zero-order valence-electron chi connectivity index (χ0n) is 16.5. The van der Waals surface area contributed by atoms with Crippen LogP contribution in [-0.4, -0.2) is 58.4 Å². The number of rotatable bonds is 5. The number of carbonyl (C=O) groups is 1. The van der Waals surface area contributed by atoms with E-state index in [0.717, 1.165) is 34.2 Å². The number of thiazole rings is 1. The minimum atomic E-state index is 0.00436. The van der Waals surface area contributed by atoms with Gasteiger partial charge in [0.2, 0.25) is 0 Å². The number of nitrogens with zero attached hydrogens (tertiary/aromatic N) is 5. The van der Waals surface area contributed by atoms with Crippen LogP contribution in [0.1, 0.15) is 37.3 Å². The molecule has 0 bridgehead atoms. The molecule has 8 heteroatoms. The van der Waals surface area contributed by atoms with E-state index in [4.69, 9.17) is 9.72 Å². The highest BCUT2D eigenvalue weighted by Crippen LogP contribution is 2.32. The summed E-state index contributed by atoms with van der Waals surface area (Å²) in [6.45, 7) is 9.63. The quantitative estimate of drug-likeness (QED) is 0.658. The van der Waals surface area contributed by atoms with Gasteiger partial charge in [-0.3, -0.25) is 9.48 Å². The Bertz CT molecular complexity index is 972. The van der Waals surface area contributed by atoms with Gasteiger partial charge in [0.05, 0.1) is 16.8 Å². The number of aromatic nitrogens is 3. The van der Waals surface area contributed by atoms with Crippen LogP contribution in [0.25, 0.3) is 10.2 Å². The van der Waals surface area contributed by atoms with Crippen LogP contribution in [0.15, 0.2) is 30.5 Å². The smallest absolute Gasteiger partial charge is 0.274 e. The predicted molar refractivity (Wildman–Crippen MR) is 112 cm³/mol. The van der Waals surface area contributed by atoms with Gasteiger partial charge in [-0.2, -0.15) is 5.10 Å². The van der Waals surface area contributed by atoms with Gasteiger partial charge in [0.1, 0.15) is 11.4 Å². The second-order valence-electron chi connectivity index (χ2n) is 7.11. The van der Waals surface area contributed by atoms with Crippen molar-refractivity contribution in [3.63, 3.8) is 0 Å². The molecular weight excluding hydrogens is 374 g/mol. The lowest BCUT2D eigenvalue weighted by Crippen LogP contribution is -2.48. The summed E-state index contributed by atoms with van der Waals surface area (Å²) < 4.78 is 8.53. The van der Waals surface area contributed by atoms with Crippen LogP contribution in [0, 0.1) is 0 Å². The van der Waals surface area contributed by atoms with Crippen LogP contribution in [-0.2, 0) is 0 Å². The average molecular weight is 400 g/mol. The Morgan fingerprint density at radius 3 is 2.68 bits per heavy atom. The molecule has 0 aliphatic carbocycles. The van der Waals surface area contributed by atoms with Crippen molar-refractivity contribution in [2.75, 3.05) is 37.7 Å². The third-order valence-corrected chi connectivity index (χ3v) is 5.93. The second-order valence-corrected chi connectivity index (χ2v) is 8.12. The molecule has 3 aromatic rings. The molecule has 3 heterocycles. The number of benzene rings is 1. The molecule has 7 nitrogen and oxygen atoms in total. The molecular formula is C20H25N5O2S. The Kier molecular flexibility index (Phi) is 5.21. The van der Waals surface area contributed by atoms with Crippen molar-refractivity contribution in [3.8, 4) is 5.75 Å². The number of anilines is 1. The van der Waals surface area contributed by atoms with Crippen LogP contribution in [0.4, 0.5) is 5.13 Å². The number of carbonyl (C=O) groups excluding carboxylic acids is 1. The highest BCUT2D eigenvalue weighted by atomic mass is 32.1. The Morgan fingerprint density at radius 1 is 1.21 bits per heavy atom. The van der Waals surface area contributed by atoms with Gasteiger partial charge in [0.25, 0.3) is 5.91 Å². The van der Waals surface area contributed by atoms with Crippen LogP contribution >= 0.6 is 11.3 Å². The van der Waals surface area contributed by atoms with Crippen LogP contribution in [0.5, 0.6) is 5.75 Å². The topological polar surface area (TPSA) is 63.5 Å². The summed E-state index contributed by atoms with van der Waals surface area (Å²) in [7, 11) is 0. The minimum Gasteiger partial charge on any atom is -0.494 e. The second kappa shape index (κ2) is 7.79. The number of ether oxygens (including phenoxy) is 1. The molecule has 148 valence electrons. The normalized spacial score (nSPS) is 14.9. The van der Waals surface area contributed by atoms with E-state index < -0.39 is 0 Å². The zero-order chi connectivity index (χ0) is 19.7. The first-order valence-electron chi connectivity index (χ1n) is 9.68. The summed E-state index contributed by atoms with van der Waals surface area (Å²) in [5.41, 5.74) is 1.51. The zero-order valence-corrected chi connectivity index (χ0v) is 17.3. The third-order valence-electron chi connectivity index (χ3n) is 4.85. The monoisotopic (exact) mass is 399 g/mol. The maximum absolute atomic E-state index is 12.7. The molecule has 0 radical (unpaired) electrons. The van der Waals surface area contributed by atoms with E-state index in [9.17, 15) is 4.79 Å². The lowest BCUT2D eigenvalue weighted by Gasteiger charge is -2.34. The van der Waals surface area contributed by atoms with E-state index in [1.807, 2.05) is 40.9 Å². The van der Waals surface area contributed by atoms with E-state index in [1.165, 1.54) is 0 Å². The summed E-state index contributed by atoms with van der Waals surface area (Å²) in [6.07, 6.45) is 1.87. The van der Waals surface area contributed by atoms with Gasteiger partial charge in [-0.05, 0) is 45.0 Å². The minimum absolute atomic E-state index is 0.00436. The van der Waals surface area contributed by atoms with Crippen LogP contribution in [0.2, 0.25) is 0 Å². The summed E-state index contributed by atoms with van der Waals surface area (Å²) in [4.78, 5) is 21.6. The van der Waals surface area contributed by atoms with Crippen LogP contribution < -0.4 is 9.64 Å². The molecule has 0 saturated carbocycles. The molecule has 0 N–H and O–H groups in total. The SMILES string of the molecule is CCOc1ccc2nc(N3CCN(C(=O)c4ccn(C(C)C)n4)CC3)sc2c1. The Hall–Kier alpha value is -2.61. The highest BCUT2D eigenvalue weighted by Gasteiger charge is 2.25. The van der Waals surface area contributed by atoms with E-state index in [-0.39, 0.29) is 11.9 Å². The number of amides is 1. The molecule has 0 atom stereocenters. The van der Waals surface area contributed by atoms with Crippen LogP contribution in [0.3, 0.4) is 0 Å². The molecule has 4 rings (SSSR count). The fourth-order valence-electron chi connectivity index (χ4n) is 3.29. The standard InChI is InChI=1S/C20H25N5O2S/c1-4-27-15-5-6-16-18(13-15)28-20(21-16)24-11-9-23(10-12-24)19(26)17-7-8-25(22-17)14(2)3/h5-8,13-14H,4,9-12H2,1-3H3. The van der Waals surface area contributed by atoms with Gasteiger partial charge >= 0.3 is 0 Å². The number of hydrogen-bond donors (Lipinski definition) is 0. The fraction of sp³-hybridized carbons (Fsp3) is 0.450. The van der Waals surface area contributed by atoms with E-state index in [0.29, 0.717) is 25.4 Å². The maximum atomic E-state index is 12.7. The van der Waals surface area contributed by atoms with Crippen molar-refractivity contribution in [1.82, 2.24) is 19.7 Å². The molecule has 1 aromatic carbocycles. The fourth-order valence-corrected chi connectivity index (χ4v) is 4.33. The van der Waals surface area contributed by atoms with Crippen molar-refractivity contribution in [1.29, 1.82) is 0 Å². The molecule has 28 heavy (non-hydrogen) atoms. The van der Waals surface area contributed by atoms with Crippen molar-refractivity contribution in [2.45, 2.75) is 26.8 Å². The first-order chi connectivity index (χ1) is 13.5. The average Bonchev–Trinajstić information content (AvgIpc) is 3.35. The van der Waals surface area contributed by atoms with Gasteiger partial charge in [0, 0.05) is 38.4 Å². The van der Waals surface area contributed by atoms with Crippen molar-refractivity contribution >= 4 is 32.6 Å². The van der Waals surface area contributed by atoms with E-state index in [2.05, 4.69) is 23.8 Å². The highest BCUT2D eigenvalue weighted by molar-refractivity contribution is 7.22. The van der Waals surface area contributed by atoms with E-state index in [1.54, 1.807) is 17.4 Å². The lowest BCUT2D eigenvalue weighted by molar-refractivity contribution is 0.0739. The third kappa shape index (κ3) is 3.69. The summed E-state index contributed by atoms with van der Waals surface area (Å²) >= 11 is 1.67. The maximum Gasteiger partial charge on any atom is 0.274 e. The largest absolute Gasteiger partial charge is 0.494 e. The number of piperazine rings is 1.